The molecule has 1 atom stereocenters. The van der Waals surface area contributed by atoms with Gasteiger partial charge in [0.05, 0.1) is 18.2 Å². The molecular weight excluding hydrogens is 260 g/mol. The Morgan fingerprint density at radius 1 is 1.21 bits per heavy atom. The van der Waals surface area contributed by atoms with E-state index in [-0.39, 0.29) is 10.8 Å². The molecule has 2 aromatic rings. The zero-order valence-corrected chi connectivity index (χ0v) is 12.1. The van der Waals surface area contributed by atoms with Crippen molar-refractivity contribution in [1.82, 2.24) is 0 Å². The van der Waals surface area contributed by atoms with Crippen LogP contribution in [0, 0.1) is 6.92 Å². The molecule has 100 valence electrons. The number of aryl methyl sites for hydroxylation is 1. The molecule has 1 aliphatic heterocycles. The molecule has 2 nitrogen and oxygen atoms in total. The van der Waals surface area contributed by atoms with E-state index in [1.165, 1.54) is 5.56 Å². The highest BCUT2D eigenvalue weighted by atomic mass is 35.5. The highest BCUT2D eigenvalue weighted by molar-refractivity contribution is 6.22. The van der Waals surface area contributed by atoms with Gasteiger partial charge in [-0.15, -0.1) is 11.6 Å². The van der Waals surface area contributed by atoms with Gasteiger partial charge in [0.15, 0.2) is 0 Å². The third-order valence-corrected chi connectivity index (χ3v) is 4.16. The molecule has 0 amide bonds. The van der Waals surface area contributed by atoms with Gasteiger partial charge in [-0.1, -0.05) is 19.9 Å². The summed E-state index contributed by atoms with van der Waals surface area (Å²) in [7, 11) is 0. The minimum atomic E-state index is -0.181. The van der Waals surface area contributed by atoms with Crippen molar-refractivity contribution in [3.8, 4) is 5.75 Å². The highest BCUT2D eigenvalue weighted by Crippen LogP contribution is 2.41. The van der Waals surface area contributed by atoms with E-state index in [0.717, 1.165) is 29.2 Å². The summed E-state index contributed by atoms with van der Waals surface area (Å²) in [6.45, 7) is 7.03. The van der Waals surface area contributed by atoms with E-state index in [1.807, 2.05) is 25.1 Å². The molecule has 1 aromatic carbocycles. The van der Waals surface area contributed by atoms with E-state index < -0.39 is 0 Å². The lowest BCUT2D eigenvalue weighted by Crippen LogP contribution is -2.18. The molecule has 1 aromatic heterocycles. The Morgan fingerprint density at radius 3 is 2.68 bits per heavy atom. The second kappa shape index (κ2) is 4.31. The molecule has 0 N–H and O–H groups in total. The third-order valence-electron chi connectivity index (χ3n) is 3.66. The fraction of sp³-hybridized carbons (Fsp3) is 0.375. The monoisotopic (exact) mass is 276 g/mol. The van der Waals surface area contributed by atoms with Gasteiger partial charge in [0, 0.05) is 16.5 Å². The van der Waals surface area contributed by atoms with Gasteiger partial charge >= 0.3 is 0 Å². The predicted octanol–water partition coefficient (Wildman–Crippen LogP) is 4.59. The molecule has 3 rings (SSSR count). The topological polar surface area (TPSA) is 22.4 Å². The van der Waals surface area contributed by atoms with Gasteiger partial charge in [-0.05, 0) is 30.7 Å². The third kappa shape index (κ3) is 2.14. The fourth-order valence-corrected chi connectivity index (χ4v) is 2.74. The fourth-order valence-electron chi connectivity index (χ4n) is 2.49. The van der Waals surface area contributed by atoms with Crippen LogP contribution in [0.25, 0.3) is 0 Å². The molecule has 0 saturated carbocycles. The van der Waals surface area contributed by atoms with Crippen LogP contribution in [0.1, 0.15) is 41.7 Å². The van der Waals surface area contributed by atoms with Crippen molar-refractivity contribution in [2.45, 2.75) is 31.6 Å². The Kier molecular flexibility index (Phi) is 2.86. The number of ether oxygens (including phenoxy) is 1. The second-order valence-corrected chi connectivity index (χ2v) is 6.22. The molecule has 2 heterocycles. The largest absolute Gasteiger partial charge is 0.492 e. The highest BCUT2D eigenvalue weighted by Gasteiger charge is 2.32. The smallest absolute Gasteiger partial charge is 0.123 e. The maximum Gasteiger partial charge on any atom is 0.123 e. The average molecular weight is 277 g/mol. The van der Waals surface area contributed by atoms with E-state index in [0.29, 0.717) is 0 Å². The van der Waals surface area contributed by atoms with Crippen LogP contribution < -0.4 is 4.74 Å². The van der Waals surface area contributed by atoms with Crippen LogP contribution in [0.15, 0.2) is 34.9 Å². The van der Waals surface area contributed by atoms with Gasteiger partial charge in [0.2, 0.25) is 0 Å². The number of halogens is 1. The van der Waals surface area contributed by atoms with Crippen molar-refractivity contribution in [2.24, 2.45) is 0 Å². The van der Waals surface area contributed by atoms with Crippen molar-refractivity contribution in [1.29, 1.82) is 0 Å². The first-order chi connectivity index (χ1) is 8.97. The number of alkyl halides is 1. The minimum absolute atomic E-state index is 0.0499. The summed E-state index contributed by atoms with van der Waals surface area (Å²) in [5.41, 5.74) is 3.36. The van der Waals surface area contributed by atoms with Crippen LogP contribution in [0.3, 0.4) is 0 Å². The number of fused-ring (bicyclic) bond motifs is 1. The molecular formula is C16H17ClO2. The first-order valence-electron chi connectivity index (χ1n) is 6.44. The number of hydrogen-bond acceptors (Lipinski definition) is 2. The first-order valence-corrected chi connectivity index (χ1v) is 6.87. The van der Waals surface area contributed by atoms with Crippen LogP contribution >= 0.6 is 11.6 Å². The van der Waals surface area contributed by atoms with Crippen molar-refractivity contribution in [2.75, 3.05) is 6.61 Å². The molecule has 1 aliphatic rings. The first kappa shape index (κ1) is 12.6. The average Bonchev–Trinajstić information content (AvgIpc) is 2.93. The van der Waals surface area contributed by atoms with Crippen LogP contribution in [0.5, 0.6) is 5.75 Å². The van der Waals surface area contributed by atoms with E-state index in [9.17, 15) is 0 Å². The summed E-state index contributed by atoms with van der Waals surface area (Å²) in [5.74, 6) is 1.85. The molecule has 0 saturated heterocycles. The molecule has 0 bridgehead atoms. The summed E-state index contributed by atoms with van der Waals surface area (Å²) in [4.78, 5) is 0. The zero-order valence-electron chi connectivity index (χ0n) is 11.4. The van der Waals surface area contributed by atoms with Gasteiger partial charge in [-0.3, -0.25) is 0 Å². The van der Waals surface area contributed by atoms with Crippen molar-refractivity contribution < 1.29 is 9.15 Å². The Bertz CT molecular complexity index is 613. The lowest BCUT2D eigenvalue weighted by molar-refractivity contribution is 0.291. The normalized spacial score (nSPS) is 17.9. The SMILES string of the molecule is Cc1cc(C(Cl)c2ccc3c(c2)C(C)(C)CO3)co1. The van der Waals surface area contributed by atoms with E-state index in [4.69, 9.17) is 20.8 Å². The molecule has 0 fully saturated rings. The lowest BCUT2D eigenvalue weighted by Gasteiger charge is -2.17. The molecule has 3 heteroatoms. The Hall–Kier alpha value is -1.41. The van der Waals surface area contributed by atoms with E-state index >= 15 is 0 Å². The lowest BCUT2D eigenvalue weighted by atomic mass is 9.85. The second-order valence-electron chi connectivity index (χ2n) is 5.78. The van der Waals surface area contributed by atoms with Gasteiger partial charge in [0.25, 0.3) is 0 Å². The summed E-state index contributed by atoms with van der Waals surface area (Å²) >= 11 is 6.54. The summed E-state index contributed by atoms with van der Waals surface area (Å²) in [6.07, 6.45) is 1.72. The quantitative estimate of drug-likeness (QED) is 0.749. The maximum atomic E-state index is 6.54. The Labute approximate surface area is 118 Å². The van der Waals surface area contributed by atoms with Crippen molar-refractivity contribution in [3.63, 3.8) is 0 Å². The minimum Gasteiger partial charge on any atom is -0.492 e. The van der Waals surface area contributed by atoms with Gasteiger partial charge in [0.1, 0.15) is 11.5 Å². The van der Waals surface area contributed by atoms with Crippen LogP contribution in [-0.2, 0) is 5.41 Å². The molecule has 0 spiro atoms. The maximum absolute atomic E-state index is 6.54. The molecule has 1 unspecified atom stereocenters. The van der Waals surface area contributed by atoms with Crippen LogP contribution in [0.2, 0.25) is 0 Å². The summed E-state index contributed by atoms with van der Waals surface area (Å²) in [6, 6.07) is 8.18. The van der Waals surface area contributed by atoms with E-state index in [2.05, 4.69) is 19.9 Å². The van der Waals surface area contributed by atoms with Crippen LogP contribution in [-0.4, -0.2) is 6.61 Å². The standard InChI is InChI=1S/C16H17ClO2/c1-10-6-12(8-18-10)15(17)11-4-5-14-13(7-11)16(2,3)9-19-14/h4-8,15H,9H2,1-3H3. The summed E-state index contributed by atoms with van der Waals surface area (Å²) < 4.78 is 11.0. The zero-order chi connectivity index (χ0) is 13.6. The number of hydrogen-bond donors (Lipinski definition) is 0. The number of rotatable bonds is 2. The number of benzene rings is 1. The van der Waals surface area contributed by atoms with Gasteiger partial charge in [-0.25, -0.2) is 0 Å². The predicted molar refractivity (Wildman–Crippen MR) is 76.1 cm³/mol. The van der Waals surface area contributed by atoms with Crippen molar-refractivity contribution in [3.05, 3.63) is 53.0 Å². The summed E-state index contributed by atoms with van der Waals surface area (Å²) in [5, 5.41) is -0.181. The number of furan rings is 1. The van der Waals surface area contributed by atoms with Crippen LogP contribution in [0.4, 0.5) is 0 Å². The van der Waals surface area contributed by atoms with Crippen molar-refractivity contribution >= 4 is 11.6 Å². The Balaban J connectivity index is 1.99. The van der Waals surface area contributed by atoms with E-state index in [1.54, 1.807) is 6.26 Å². The Morgan fingerprint density at radius 2 is 2.00 bits per heavy atom. The van der Waals surface area contributed by atoms with Gasteiger partial charge in [-0.2, -0.15) is 0 Å². The molecule has 0 radical (unpaired) electrons. The molecule has 19 heavy (non-hydrogen) atoms. The molecule has 0 aliphatic carbocycles. The van der Waals surface area contributed by atoms with Gasteiger partial charge < -0.3 is 9.15 Å².